The maximum atomic E-state index is 11.5. The van der Waals surface area contributed by atoms with Crippen molar-refractivity contribution in [3.63, 3.8) is 0 Å². The molecule has 0 saturated carbocycles. The lowest BCUT2D eigenvalue weighted by atomic mass is 10.3. The molecule has 0 atom stereocenters. The van der Waals surface area contributed by atoms with Gasteiger partial charge < -0.3 is 15.4 Å². The summed E-state index contributed by atoms with van der Waals surface area (Å²) in [6.45, 7) is 6.48. The van der Waals surface area contributed by atoms with Gasteiger partial charge in [0.1, 0.15) is 5.82 Å². The van der Waals surface area contributed by atoms with E-state index in [0.717, 1.165) is 11.2 Å². The third kappa shape index (κ3) is 4.81. The number of aromatic nitrogens is 4. The molecule has 0 bridgehead atoms. The molecule has 0 aliphatic heterocycles. The van der Waals surface area contributed by atoms with Gasteiger partial charge in [-0.05, 0) is 27.0 Å². The number of carbonyl (C=O) groups is 2. The smallest absolute Gasteiger partial charge is 0.396 e. The summed E-state index contributed by atoms with van der Waals surface area (Å²) in [4.78, 5) is 31.8. The third-order valence-corrected chi connectivity index (χ3v) is 3.70. The van der Waals surface area contributed by atoms with E-state index in [0.29, 0.717) is 17.3 Å². The molecule has 0 fully saturated rings. The minimum absolute atomic E-state index is 0.163. The number of ether oxygens (including phenoxy) is 1. The quantitative estimate of drug-likeness (QED) is 0.324. The van der Waals surface area contributed by atoms with Gasteiger partial charge in [0, 0.05) is 12.6 Å². The Hall–Kier alpha value is -2.36. The number of rotatable bonds is 7. The Morgan fingerprint density at radius 2 is 2.12 bits per heavy atom. The van der Waals surface area contributed by atoms with Crippen LogP contribution in [-0.2, 0) is 20.9 Å². The summed E-state index contributed by atoms with van der Waals surface area (Å²) < 4.78 is 6.31. The maximum absolute atomic E-state index is 11.5. The van der Waals surface area contributed by atoms with Crippen LogP contribution >= 0.6 is 11.8 Å². The lowest BCUT2D eigenvalue weighted by Gasteiger charge is -2.11. The van der Waals surface area contributed by atoms with Gasteiger partial charge in [-0.3, -0.25) is 4.79 Å². The van der Waals surface area contributed by atoms with Gasteiger partial charge in [0.05, 0.1) is 24.7 Å². The SMILES string of the molecule is CCOC(=O)C(=O)NCCn1ncc2c(NC(C)C)nc(SC)nc21. The van der Waals surface area contributed by atoms with Crippen LogP contribution < -0.4 is 10.6 Å². The van der Waals surface area contributed by atoms with Crippen molar-refractivity contribution >= 4 is 40.5 Å². The highest BCUT2D eigenvalue weighted by molar-refractivity contribution is 7.98. The van der Waals surface area contributed by atoms with Crippen molar-refractivity contribution in [3.05, 3.63) is 6.20 Å². The minimum atomic E-state index is -0.886. The lowest BCUT2D eigenvalue weighted by Crippen LogP contribution is -2.34. The fraction of sp³-hybridized carbons (Fsp3) is 0.533. The van der Waals surface area contributed by atoms with Crippen molar-refractivity contribution in [1.82, 2.24) is 25.1 Å². The Morgan fingerprint density at radius 3 is 2.76 bits per heavy atom. The van der Waals surface area contributed by atoms with Gasteiger partial charge in [-0.2, -0.15) is 5.10 Å². The molecule has 0 radical (unpaired) electrons. The molecule has 9 nitrogen and oxygen atoms in total. The number of esters is 1. The van der Waals surface area contributed by atoms with Crippen LogP contribution in [-0.4, -0.2) is 57.1 Å². The van der Waals surface area contributed by atoms with Crippen LogP contribution in [0.15, 0.2) is 11.4 Å². The van der Waals surface area contributed by atoms with Crippen molar-refractivity contribution in [2.24, 2.45) is 0 Å². The van der Waals surface area contributed by atoms with Gasteiger partial charge in [-0.1, -0.05) is 11.8 Å². The zero-order valence-electron chi connectivity index (χ0n) is 14.7. The summed E-state index contributed by atoms with van der Waals surface area (Å²) in [6, 6.07) is 0.222. The van der Waals surface area contributed by atoms with E-state index in [9.17, 15) is 9.59 Å². The Morgan fingerprint density at radius 1 is 1.36 bits per heavy atom. The predicted octanol–water partition coefficient (Wildman–Crippen LogP) is 1.05. The highest BCUT2D eigenvalue weighted by Gasteiger charge is 2.16. The third-order valence-electron chi connectivity index (χ3n) is 3.15. The molecule has 2 aromatic heterocycles. The van der Waals surface area contributed by atoms with Gasteiger partial charge in [0.15, 0.2) is 10.8 Å². The molecular formula is C15H22N6O3S. The van der Waals surface area contributed by atoms with Gasteiger partial charge in [0.25, 0.3) is 0 Å². The average molecular weight is 366 g/mol. The van der Waals surface area contributed by atoms with Crippen LogP contribution in [0.3, 0.4) is 0 Å². The fourth-order valence-corrected chi connectivity index (χ4v) is 2.48. The first-order valence-corrected chi connectivity index (χ1v) is 9.17. The topological polar surface area (TPSA) is 111 Å². The van der Waals surface area contributed by atoms with Gasteiger partial charge >= 0.3 is 11.9 Å². The molecule has 2 heterocycles. The van der Waals surface area contributed by atoms with Crippen molar-refractivity contribution in [2.45, 2.75) is 38.5 Å². The Labute approximate surface area is 149 Å². The van der Waals surface area contributed by atoms with Crippen LogP contribution in [0.5, 0.6) is 0 Å². The van der Waals surface area contributed by atoms with Crippen LogP contribution in [0.2, 0.25) is 0 Å². The molecule has 2 N–H and O–H groups in total. The van der Waals surface area contributed by atoms with E-state index in [2.05, 4.69) is 30.4 Å². The van der Waals surface area contributed by atoms with E-state index in [1.165, 1.54) is 11.8 Å². The van der Waals surface area contributed by atoms with E-state index >= 15 is 0 Å². The van der Waals surface area contributed by atoms with E-state index in [1.807, 2.05) is 20.1 Å². The molecule has 2 rings (SSSR count). The fourth-order valence-electron chi connectivity index (χ4n) is 2.12. The van der Waals surface area contributed by atoms with Gasteiger partial charge in [-0.15, -0.1) is 0 Å². The van der Waals surface area contributed by atoms with Crippen molar-refractivity contribution in [1.29, 1.82) is 0 Å². The van der Waals surface area contributed by atoms with Crippen LogP contribution in [0, 0.1) is 0 Å². The largest absolute Gasteiger partial charge is 0.459 e. The summed E-state index contributed by atoms with van der Waals surface area (Å²) in [7, 11) is 0. The number of carbonyl (C=O) groups excluding carboxylic acids is 2. The molecule has 0 aliphatic rings. The highest BCUT2D eigenvalue weighted by Crippen LogP contribution is 2.23. The molecule has 0 aliphatic carbocycles. The number of amides is 1. The van der Waals surface area contributed by atoms with Crippen molar-refractivity contribution in [2.75, 3.05) is 24.7 Å². The van der Waals surface area contributed by atoms with Gasteiger partial charge in [0.2, 0.25) is 0 Å². The second-order valence-corrected chi connectivity index (χ2v) is 6.21. The zero-order valence-corrected chi connectivity index (χ0v) is 15.5. The molecular weight excluding hydrogens is 344 g/mol. The molecule has 25 heavy (non-hydrogen) atoms. The Bertz CT molecular complexity index is 761. The molecule has 10 heteroatoms. The number of hydrogen-bond donors (Lipinski definition) is 2. The van der Waals surface area contributed by atoms with Crippen LogP contribution in [0.25, 0.3) is 11.0 Å². The molecule has 0 saturated heterocycles. The molecule has 0 spiro atoms. The minimum Gasteiger partial charge on any atom is -0.459 e. The number of hydrogen-bond acceptors (Lipinski definition) is 8. The Kier molecular flexibility index (Phi) is 6.57. The molecule has 0 unspecified atom stereocenters. The standard InChI is InChI=1S/C15H22N6O3S/c1-5-24-14(23)13(22)16-6-7-21-12-10(8-17-21)11(18-9(2)3)19-15(20-12)25-4/h8-9H,5-7H2,1-4H3,(H,16,22)(H,18,19,20). The van der Waals surface area contributed by atoms with Crippen molar-refractivity contribution in [3.8, 4) is 0 Å². The van der Waals surface area contributed by atoms with Crippen molar-refractivity contribution < 1.29 is 14.3 Å². The van der Waals surface area contributed by atoms with E-state index in [4.69, 9.17) is 0 Å². The first-order chi connectivity index (χ1) is 12.0. The lowest BCUT2D eigenvalue weighted by molar-refractivity contribution is -0.154. The highest BCUT2D eigenvalue weighted by atomic mass is 32.2. The summed E-state index contributed by atoms with van der Waals surface area (Å²) in [6.07, 6.45) is 3.60. The van der Waals surface area contributed by atoms with Gasteiger partial charge in [-0.25, -0.2) is 19.4 Å². The number of nitrogens with zero attached hydrogens (tertiary/aromatic N) is 4. The van der Waals surface area contributed by atoms with E-state index < -0.39 is 11.9 Å². The Balaban J connectivity index is 2.14. The monoisotopic (exact) mass is 366 g/mol. The van der Waals surface area contributed by atoms with E-state index in [-0.39, 0.29) is 19.2 Å². The van der Waals surface area contributed by atoms with Crippen LogP contribution in [0.4, 0.5) is 5.82 Å². The van der Waals surface area contributed by atoms with Crippen LogP contribution in [0.1, 0.15) is 20.8 Å². The summed E-state index contributed by atoms with van der Waals surface area (Å²) in [5.74, 6) is -0.922. The first kappa shape index (κ1) is 19.0. The first-order valence-electron chi connectivity index (χ1n) is 7.95. The molecule has 136 valence electrons. The van der Waals surface area contributed by atoms with E-state index in [1.54, 1.807) is 17.8 Å². The molecule has 0 aromatic carbocycles. The second-order valence-electron chi connectivity index (χ2n) is 5.44. The maximum Gasteiger partial charge on any atom is 0.396 e. The summed E-state index contributed by atoms with van der Waals surface area (Å²) in [5, 5.41) is 11.6. The number of thioether (sulfide) groups is 1. The summed E-state index contributed by atoms with van der Waals surface area (Å²) >= 11 is 1.44. The number of anilines is 1. The normalized spacial score (nSPS) is 10.9. The number of fused-ring (bicyclic) bond motifs is 1. The molecule has 1 amide bonds. The summed E-state index contributed by atoms with van der Waals surface area (Å²) in [5.41, 5.74) is 0.674. The average Bonchev–Trinajstić information content (AvgIpc) is 2.97. The number of nitrogens with one attached hydrogen (secondary N) is 2. The predicted molar refractivity (Wildman–Crippen MR) is 95.5 cm³/mol. The zero-order chi connectivity index (χ0) is 18.4. The second kappa shape index (κ2) is 8.65. The molecule has 2 aromatic rings.